The van der Waals surface area contributed by atoms with Gasteiger partial charge < -0.3 is 5.73 Å². The van der Waals surface area contributed by atoms with Crippen LogP contribution in [0.3, 0.4) is 0 Å². The van der Waals surface area contributed by atoms with Crippen LogP contribution in [0.5, 0.6) is 0 Å². The number of nitrogens with zero attached hydrogens (tertiary/aromatic N) is 1. The predicted molar refractivity (Wildman–Crippen MR) is 76.9 cm³/mol. The van der Waals surface area contributed by atoms with Gasteiger partial charge in [-0.2, -0.15) is 0 Å². The Morgan fingerprint density at radius 1 is 1.09 bits per heavy atom. The Morgan fingerprint density at radius 3 is 2.18 bits per heavy atom. The second kappa shape index (κ2) is 5.72. The van der Waals surface area contributed by atoms with Crippen LogP contribution in [0.25, 0.3) is 0 Å². The first kappa shape index (κ1) is 15.9. The Bertz CT molecular complexity index is 817. The zero-order chi connectivity index (χ0) is 16.5. The van der Waals surface area contributed by atoms with Gasteiger partial charge in [0.15, 0.2) is 0 Å². The highest BCUT2D eigenvalue weighted by atomic mass is 32.2. The van der Waals surface area contributed by atoms with E-state index in [1.54, 1.807) is 0 Å². The second-order valence-electron chi connectivity index (χ2n) is 4.46. The monoisotopic (exact) mass is 326 g/mol. The first-order valence-corrected chi connectivity index (χ1v) is 7.51. The highest BCUT2D eigenvalue weighted by Gasteiger charge is 2.25. The SMILES string of the molecule is CN(c1ccccc1C(N)=O)S(=O)(=O)c1cc(F)cc(F)c1. The fourth-order valence-corrected chi connectivity index (χ4v) is 3.18. The van der Waals surface area contributed by atoms with Crippen molar-refractivity contribution >= 4 is 21.6 Å². The van der Waals surface area contributed by atoms with E-state index in [4.69, 9.17) is 5.73 Å². The number of para-hydroxylation sites is 1. The minimum atomic E-state index is -4.25. The zero-order valence-corrected chi connectivity index (χ0v) is 12.3. The largest absolute Gasteiger partial charge is 0.366 e. The van der Waals surface area contributed by atoms with Crippen LogP contribution in [0.15, 0.2) is 47.4 Å². The van der Waals surface area contributed by atoms with Crippen LogP contribution in [0, 0.1) is 11.6 Å². The summed E-state index contributed by atoms with van der Waals surface area (Å²) in [7, 11) is -3.08. The lowest BCUT2D eigenvalue weighted by Gasteiger charge is -2.21. The highest BCUT2D eigenvalue weighted by Crippen LogP contribution is 2.26. The molecular formula is C14H12F2N2O3S. The van der Waals surface area contributed by atoms with E-state index < -0.39 is 32.5 Å². The van der Waals surface area contributed by atoms with Crippen LogP contribution in [-0.2, 0) is 10.0 Å². The number of benzene rings is 2. The summed E-state index contributed by atoms with van der Waals surface area (Å²) >= 11 is 0. The van der Waals surface area contributed by atoms with Crippen molar-refractivity contribution in [3.63, 3.8) is 0 Å². The quantitative estimate of drug-likeness (QED) is 0.931. The highest BCUT2D eigenvalue weighted by molar-refractivity contribution is 7.92. The molecule has 2 aromatic carbocycles. The minimum Gasteiger partial charge on any atom is -0.366 e. The van der Waals surface area contributed by atoms with Crippen LogP contribution in [-0.4, -0.2) is 21.4 Å². The molecule has 22 heavy (non-hydrogen) atoms. The number of hydrogen-bond acceptors (Lipinski definition) is 3. The number of rotatable bonds is 4. The molecule has 2 aromatic rings. The van der Waals surface area contributed by atoms with Crippen molar-refractivity contribution in [2.45, 2.75) is 4.90 Å². The number of sulfonamides is 1. The Balaban J connectivity index is 2.57. The van der Waals surface area contributed by atoms with Crippen LogP contribution in [0.2, 0.25) is 0 Å². The summed E-state index contributed by atoms with van der Waals surface area (Å²) in [5.41, 5.74) is 5.19. The third-order valence-corrected chi connectivity index (χ3v) is 4.75. The molecule has 0 aromatic heterocycles. The topological polar surface area (TPSA) is 80.5 Å². The third-order valence-electron chi connectivity index (χ3n) is 3.00. The lowest BCUT2D eigenvalue weighted by molar-refractivity contribution is 0.100. The van der Waals surface area contributed by atoms with Crippen molar-refractivity contribution in [2.24, 2.45) is 5.73 Å². The number of primary amides is 1. The number of carbonyl (C=O) groups excluding carboxylic acids is 1. The van der Waals surface area contributed by atoms with Crippen LogP contribution < -0.4 is 10.0 Å². The predicted octanol–water partition coefficient (Wildman–Crippen LogP) is 1.89. The molecule has 1 amide bonds. The van der Waals surface area contributed by atoms with E-state index in [1.807, 2.05) is 0 Å². The van der Waals surface area contributed by atoms with Crippen molar-refractivity contribution in [3.8, 4) is 0 Å². The molecule has 8 heteroatoms. The lowest BCUT2D eigenvalue weighted by atomic mass is 10.2. The van der Waals surface area contributed by atoms with Gasteiger partial charge in [-0.25, -0.2) is 17.2 Å². The van der Waals surface area contributed by atoms with E-state index in [-0.39, 0.29) is 11.3 Å². The maximum absolute atomic E-state index is 13.2. The zero-order valence-electron chi connectivity index (χ0n) is 11.5. The summed E-state index contributed by atoms with van der Waals surface area (Å²) in [6, 6.07) is 7.72. The second-order valence-corrected chi connectivity index (χ2v) is 6.43. The molecule has 0 radical (unpaired) electrons. The molecule has 2 N–H and O–H groups in total. The van der Waals surface area contributed by atoms with Crippen molar-refractivity contribution in [3.05, 3.63) is 59.7 Å². The third kappa shape index (κ3) is 2.91. The molecule has 0 aliphatic heterocycles. The van der Waals surface area contributed by atoms with Crippen molar-refractivity contribution in [1.82, 2.24) is 0 Å². The molecule has 0 saturated heterocycles. The van der Waals surface area contributed by atoms with Gasteiger partial charge in [0.1, 0.15) is 11.6 Å². The first-order valence-electron chi connectivity index (χ1n) is 6.07. The molecular weight excluding hydrogens is 314 g/mol. The van der Waals surface area contributed by atoms with Crippen molar-refractivity contribution in [2.75, 3.05) is 11.4 Å². The lowest BCUT2D eigenvalue weighted by Crippen LogP contribution is -2.29. The smallest absolute Gasteiger partial charge is 0.264 e. The van der Waals surface area contributed by atoms with Crippen molar-refractivity contribution in [1.29, 1.82) is 0 Å². The van der Waals surface area contributed by atoms with E-state index >= 15 is 0 Å². The number of hydrogen-bond donors (Lipinski definition) is 1. The molecule has 0 atom stereocenters. The van der Waals surface area contributed by atoms with E-state index in [0.717, 1.165) is 4.31 Å². The standard InChI is InChI=1S/C14H12F2N2O3S/c1-18(13-5-3-2-4-12(13)14(17)19)22(20,21)11-7-9(15)6-10(16)8-11/h2-8H,1H3,(H2,17,19). The van der Waals surface area contributed by atoms with Gasteiger partial charge in [0.05, 0.1) is 16.1 Å². The van der Waals surface area contributed by atoms with Gasteiger partial charge in [-0.3, -0.25) is 9.10 Å². The molecule has 2 rings (SSSR count). The summed E-state index contributed by atoms with van der Waals surface area (Å²) in [4.78, 5) is 10.8. The van der Waals surface area contributed by atoms with Crippen LogP contribution >= 0.6 is 0 Å². The molecule has 0 saturated carbocycles. The number of anilines is 1. The average Bonchev–Trinajstić information content (AvgIpc) is 2.45. The Kier molecular flexibility index (Phi) is 4.14. The molecule has 0 spiro atoms. The van der Waals surface area contributed by atoms with Gasteiger partial charge in [0.25, 0.3) is 15.9 Å². The molecule has 0 aliphatic rings. The van der Waals surface area contributed by atoms with Gasteiger partial charge in [-0.05, 0) is 24.3 Å². The Hall–Kier alpha value is -2.48. The maximum atomic E-state index is 13.2. The van der Waals surface area contributed by atoms with Gasteiger partial charge >= 0.3 is 0 Å². The van der Waals surface area contributed by atoms with Crippen LogP contribution in [0.1, 0.15) is 10.4 Å². The number of amides is 1. The van der Waals surface area contributed by atoms with Crippen LogP contribution in [0.4, 0.5) is 14.5 Å². The summed E-state index contributed by atoms with van der Waals surface area (Å²) in [5, 5.41) is 0. The average molecular weight is 326 g/mol. The molecule has 0 aliphatic carbocycles. The first-order chi connectivity index (χ1) is 10.2. The number of nitrogens with two attached hydrogens (primary N) is 1. The number of halogens is 2. The van der Waals surface area contributed by atoms with Crippen molar-refractivity contribution < 1.29 is 22.0 Å². The summed E-state index contributed by atoms with van der Waals surface area (Å²) in [5.74, 6) is -2.85. The number of carbonyl (C=O) groups is 1. The fourth-order valence-electron chi connectivity index (χ4n) is 1.92. The van der Waals surface area contributed by atoms with Gasteiger partial charge in [0, 0.05) is 13.1 Å². The molecule has 0 fully saturated rings. The van der Waals surface area contributed by atoms with E-state index in [0.29, 0.717) is 18.2 Å². The summed E-state index contributed by atoms with van der Waals surface area (Å²) in [6.07, 6.45) is 0. The van der Waals surface area contributed by atoms with Gasteiger partial charge in [0.2, 0.25) is 0 Å². The normalized spacial score (nSPS) is 11.2. The molecule has 5 nitrogen and oxygen atoms in total. The minimum absolute atomic E-state index is 0.0136. The summed E-state index contributed by atoms with van der Waals surface area (Å²) < 4.78 is 52.1. The molecule has 116 valence electrons. The Labute approximate surface area is 126 Å². The molecule has 0 heterocycles. The summed E-state index contributed by atoms with van der Waals surface area (Å²) in [6.45, 7) is 0. The van der Waals surface area contributed by atoms with Gasteiger partial charge in [-0.15, -0.1) is 0 Å². The molecule has 0 unspecified atom stereocenters. The molecule has 0 bridgehead atoms. The Morgan fingerprint density at radius 2 is 1.64 bits per heavy atom. The van der Waals surface area contributed by atoms with E-state index in [9.17, 15) is 22.0 Å². The fraction of sp³-hybridized carbons (Fsp3) is 0.0714. The van der Waals surface area contributed by atoms with E-state index in [2.05, 4.69) is 0 Å². The van der Waals surface area contributed by atoms with E-state index in [1.165, 1.54) is 31.3 Å². The maximum Gasteiger partial charge on any atom is 0.264 e. The van der Waals surface area contributed by atoms with Gasteiger partial charge in [-0.1, -0.05) is 12.1 Å².